The summed E-state index contributed by atoms with van der Waals surface area (Å²) in [7, 11) is 2.69. The molecule has 2 saturated heterocycles. The normalized spacial score (nSPS) is 26.0. The molecular weight excluding hydrogens is 1390 g/mol. The Bertz CT molecular complexity index is 3830. The number of esters is 3. The number of aliphatic hydroxyl groups is 3. The number of primary amides is 1. The number of urea groups is 1. The maximum atomic E-state index is 15.5. The lowest BCUT2D eigenvalue weighted by Crippen LogP contribution is -2.81. The van der Waals surface area contributed by atoms with Crippen LogP contribution in [0.1, 0.15) is 149 Å². The Labute approximate surface area is 621 Å². The first-order valence-electron chi connectivity index (χ1n) is 35.8. The van der Waals surface area contributed by atoms with Crippen molar-refractivity contribution in [2.45, 2.75) is 212 Å². The molecule has 3 aromatic carbocycles. The number of alkyl carbamates (subject to hydrolysis) is 1. The number of anilines is 1. The molecule has 31 heteroatoms. The maximum Gasteiger partial charge on any atom is 0.410 e. The second-order valence-corrected chi connectivity index (χ2v) is 30.5. The number of nitrogens with zero attached hydrogens (tertiary/aromatic N) is 2. The summed E-state index contributed by atoms with van der Waals surface area (Å²) in [6, 6.07) is 17.1. The highest BCUT2D eigenvalue weighted by atomic mass is 16.6. The molecule has 31 nitrogen and oxygen atoms in total. The summed E-state index contributed by atoms with van der Waals surface area (Å²) in [5.41, 5.74) is -3.34. The molecule has 0 radical (unpaired) electrons. The van der Waals surface area contributed by atoms with Crippen LogP contribution in [0.3, 0.4) is 0 Å². The second kappa shape index (κ2) is 34.1. The lowest BCUT2D eigenvalue weighted by molar-refractivity contribution is -0.346. The van der Waals surface area contributed by atoms with E-state index in [9.17, 15) is 63.3 Å². The zero-order valence-electron chi connectivity index (χ0n) is 62.9. The van der Waals surface area contributed by atoms with Gasteiger partial charge >= 0.3 is 42.2 Å². The molecule has 5 aliphatic rings. The Morgan fingerprint density at radius 1 is 0.785 bits per heavy atom. The Morgan fingerprint density at radius 3 is 1.98 bits per heavy atom. The fourth-order valence-electron chi connectivity index (χ4n) is 14.8. The van der Waals surface area contributed by atoms with E-state index in [2.05, 4.69) is 26.6 Å². The van der Waals surface area contributed by atoms with Gasteiger partial charge in [0.25, 0.3) is 0 Å². The Morgan fingerprint density at radius 2 is 1.40 bits per heavy atom. The van der Waals surface area contributed by atoms with Gasteiger partial charge in [-0.2, -0.15) is 0 Å². The largest absolute Gasteiger partial charge is 0.455 e. The van der Waals surface area contributed by atoms with Crippen LogP contribution in [0, 0.1) is 28.6 Å². The zero-order valence-corrected chi connectivity index (χ0v) is 62.9. The van der Waals surface area contributed by atoms with Crippen LogP contribution in [0.25, 0.3) is 0 Å². The first-order valence-corrected chi connectivity index (χ1v) is 35.8. The third-order valence-corrected chi connectivity index (χ3v) is 20.8. The van der Waals surface area contributed by atoms with E-state index in [1.54, 1.807) is 97.0 Å². The van der Waals surface area contributed by atoms with Crippen molar-refractivity contribution < 1.29 is 111 Å². The van der Waals surface area contributed by atoms with Gasteiger partial charge in [0, 0.05) is 70.5 Å². The van der Waals surface area contributed by atoms with E-state index in [1.165, 1.54) is 78.2 Å². The van der Waals surface area contributed by atoms with E-state index in [1.807, 2.05) is 0 Å². The number of fused-ring (bicyclic) bond motifs is 5. The number of ether oxygens (including phenoxy) is 8. The van der Waals surface area contributed by atoms with E-state index in [4.69, 9.17) is 43.6 Å². The van der Waals surface area contributed by atoms with Crippen LogP contribution in [0.4, 0.5) is 24.9 Å². The summed E-state index contributed by atoms with van der Waals surface area (Å²) in [5, 5.41) is 52.1. The van der Waals surface area contributed by atoms with Crippen molar-refractivity contribution in [3.05, 3.63) is 113 Å². The van der Waals surface area contributed by atoms with Gasteiger partial charge in [-0.3, -0.25) is 28.8 Å². The SMILES string of the molecule is CC(=O)O[C@@]12CO[C@@H]1C[C@H](O)[C@@]1(C)C(=O)[C@H](O)C3=C(C)[C@@H](OC(=O)[C@H](OC(=O)N(C)CCN(C)C(=O)OCc4ccc(NC(=O)[C@H](CCCNC(N)=O)NC(=O)[C@@H](NC(=O)C5CCC(C(=O)C(C)C)O5)C(C)C)cc4)[C@@H](NC(=O)OC(C)(C)C)c4ccccc4)C[C@@](O)([C@@H](OC(=O)c4ccccc4)[C@H]21)C3(C)C. The number of nitrogens with one attached hydrogen (secondary N) is 5. The standard InChI is InChI=1S/C76H102N8O23/c1-40(2)55(81-64(91)50-32-31-49(102-50)57(87)41(3)4)65(92)80-48(26-21-33-78-68(77)95)63(90)79-47-29-27-44(28-30-47)38-100-70(97)83(13)34-35-84(14)71(98)104-59(56(45-22-17-15-18-23-45)82-69(96)107-72(7,8)9)67(94)103-51-37-76(99)62(105-66(93)46-24-19-16-20-25-46)60-74(12,61(89)58(88)54(42(51)5)73(76,10)11)52(86)36-53-75(60,39-101-53)106-43(6)85/h15-20,22-25,27-30,40-41,48-53,55-56,58-60,62,86,88,99H,21,26,31-39H2,1-14H3,(H,79,90)(H,80,92)(H,81,91)(H,82,96)(H3,77,78,95)/t48-,49?,50?,51-,52-,53+,55-,56-,58+,59+,60-,62-,74+,75-,76+/m0/s1. The van der Waals surface area contributed by atoms with Crippen molar-refractivity contribution in [1.29, 1.82) is 0 Å². The van der Waals surface area contributed by atoms with Gasteiger partial charge in [0.15, 0.2) is 17.2 Å². The molecular formula is C76H102N8O23. The average Bonchev–Trinajstić information content (AvgIpc) is 0.969. The molecule has 10 N–H and O–H groups in total. The van der Waals surface area contributed by atoms with Crippen LogP contribution in [-0.2, 0) is 78.1 Å². The van der Waals surface area contributed by atoms with Crippen molar-refractivity contribution in [3.8, 4) is 0 Å². The summed E-state index contributed by atoms with van der Waals surface area (Å²) >= 11 is 0. The molecule has 8 amide bonds. The Kier molecular flexibility index (Phi) is 26.5. The third kappa shape index (κ3) is 18.7. The number of amides is 8. The zero-order chi connectivity index (χ0) is 79.0. The second-order valence-electron chi connectivity index (χ2n) is 30.5. The van der Waals surface area contributed by atoms with Crippen LogP contribution in [0.5, 0.6) is 0 Å². The molecule has 2 bridgehead atoms. The number of hydrogen-bond acceptors (Lipinski definition) is 23. The first kappa shape index (κ1) is 83.1. The van der Waals surface area contributed by atoms with Crippen molar-refractivity contribution in [2.75, 3.05) is 45.7 Å². The summed E-state index contributed by atoms with van der Waals surface area (Å²) in [5.74, 6) is -8.59. The van der Waals surface area contributed by atoms with Crippen LogP contribution >= 0.6 is 0 Å². The smallest absolute Gasteiger partial charge is 0.410 e. The van der Waals surface area contributed by atoms with Gasteiger partial charge in [-0.25, -0.2) is 28.8 Å². The molecule has 3 aromatic rings. The van der Waals surface area contributed by atoms with Gasteiger partial charge < -0.3 is 95.3 Å². The number of nitrogens with two attached hydrogens (primary N) is 1. The van der Waals surface area contributed by atoms with Crippen molar-refractivity contribution in [3.63, 3.8) is 0 Å². The predicted octanol–water partition coefficient (Wildman–Crippen LogP) is 5.39. The van der Waals surface area contributed by atoms with Gasteiger partial charge in [0.05, 0.1) is 29.6 Å². The van der Waals surface area contributed by atoms with Gasteiger partial charge in [-0.15, -0.1) is 0 Å². The molecule has 15 atom stereocenters. The molecule has 0 aromatic heterocycles. The molecule has 3 aliphatic carbocycles. The van der Waals surface area contributed by atoms with E-state index in [0.717, 1.165) is 16.7 Å². The van der Waals surface area contributed by atoms with Gasteiger partial charge in [0.2, 0.25) is 23.8 Å². The van der Waals surface area contributed by atoms with Gasteiger partial charge in [-0.05, 0) is 113 Å². The fraction of sp³-hybridized carbons (Fsp3) is 0.579. The minimum atomic E-state index is -2.53. The summed E-state index contributed by atoms with van der Waals surface area (Å²) in [6.07, 6.45) is -15.5. The lowest BCUT2D eigenvalue weighted by Gasteiger charge is -2.67. The molecule has 2 aliphatic heterocycles. The van der Waals surface area contributed by atoms with Crippen molar-refractivity contribution in [1.82, 2.24) is 31.1 Å². The number of aliphatic hydroxyl groups excluding tert-OH is 2. The van der Waals surface area contributed by atoms with E-state index in [-0.39, 0.29) is 98.2 Å². The Balaban J connectivity index is 0.984. The molecule has 584 valence electrons. The number of carbonyl (C=O) groups excluding carboxylic acids is 12. The number of rotatable bonds is 27. The maximum absolute atomic E-state index is 15.5. The minimum absolute atomic E-state index is 0.00495. The van der Waals surface area contributed by atoms with E-state index in [0.29, 0.717) is 12.0 Å². The van der Waals surface area contributed by atoms with Gasteiger partial charge in [-0.1, -0.05) is 102 Å². The monoisotopic (exact) mass is 1490 g/mol. The molecule has 4 fully saturated rings. The molecule has 8 rings (SSSR count). The molecule has 2 heterocycles. The van der Waals surface area contributed by atoms with Crippen LogP contribution < -0.4 is 32.3 Å². The quantitative estimate of drug-likeness (QED) is 0.0200. The van der Waals surface area contributed by atoms with Crippen molar-refractivity contribution >= 4 is 77.2 Å². The predicted molar refractivity (Wildman–Crippen MR) is 382 cm³/mol. The minimum Gasteiger partial charge on any atom is -0.455 e. The fourth-order valence-corrected chi connectivity index (χ4v) is 14.8. The summed E-state index contributed by atoms with van der Waals surface area (Å²) < 4.78 is 47.9. The van der Waals surface area contributed by atoms with Crippen LogP contribution in [0.2, 0.25) is 0 Å². The molecule has 107 heavy (non-hydrogen) atoms. The van der Waals surface area contributed by atoms with Crippen LogP contribution in [-0.4, -0.2) is 215 Å². The number of hydrogen-bond donors (Lipinski definition) is 9. The Hall–Kier alpha value is -9.56. The summed E-state index contributed by atoms with van der Waals surface area (Å²) in [6.45, 7) is 17.6. The van der Waals surface area contributed by atoms with Crippen LogP contribution in [0.15, 0.2) is 96.1 Å². The highest BCUT2D eigenvalue weighted by molar-refractivity contribution is 5.99. The number of ketones is 2. The molecule has 2 saturated carbocycles. The van der Waals surface area contributed by atoms with E-state index >= 15 is 9.59 Å². The highest BCUT2D eigenvalue weighted by Gasteiger charge is 2.78. The number of benzene rings is 3. The topological polar surface area (TPSA) is 432 Å². The number of likely N-dealkylation sites (N-methyl/N-ethyl adjacent to an activating group) is 2. The molecule has 2 unspecified atom stereocenters. The van der Waals surface area contributed by atoms with Crippen molar-refractivity contribution in [2.24, 2.45) is 34.3 Å². The lowest BCUT2D eigenvalue weighted by atomic mass is 9.44. The van der Waals surface area contributed by atoms with E-state index < -0.39 is 179 Å². The number of Topliss-reactive ketones (excluding diaryl/α,β-unsaturated/α-hetero) is 2. The first-order chi connectivity index (χ1) is 50.1. The third-order valence-electron chi connectivity index (χ3n) is 20.8. The highest BCUT2D eigenvalue weighted by Crippen LogP contribution is 2.64. The number of carbonyl (C=O) groups is 12. The average molecular weight is 1500 g/mol. The molecule has 0 spiro atoms. The van der Waals surface area contributed by atoms with Gasteiger partial charge in [0.1, 0.15) is 72.6 Å². The summed E-state index contributed by atoms with van der Waals surface area (Å²) in [4.78, 5) is 168.